The molecule has 1 aromatic heterocycles. The van der Waals surface area contributed by atoms with Crippen molar-refractivity contribution < 1.29 is 35.6 Å². The van der Waals surface area contributed by atoms with Gasteiger partial charge in [0.1, 0.15) is 5.82 Å². The average Bonchev–Trinajstić information content (AvgIpc) is 2.95. The summed E-state index contributed by atoms with van der Waals surface area (Å²) in [5.41, 5.74) is -0.566. The highest BCUT2D eigenvalue weighted by atomic mass is 32.2. The van der Waals surface area contributed by atoms with Gasteiger partial charge in [-0.25, -0.2) is 22.3 Å². The van der Waals surface area contributed by atoms with E-state index in [1.54, 1.807) is 30.3 Å². The van der Waals surface area contributed by atoms with E-state index in [4.69, 9.17) is 0 Å². The molecular formula is C30H19F4N3O4S. The number of halogens is 4. The SMILES string of the molecule is O=C(Nc1cccc(-c2c(C(=O)c3ccccc3)cnc3c(C(F)(F)F)cccc23)c1)NS(=O)(=O)c1ccc(F)cc1. The van der Waals surface area contributed by atoms with Crippen LogP contribution in [0, 0.1) is 5.82 Å². The van der Waals surface area contributed by atoms with Gasteiger partial charge in [0, 0.05) is 34.0 Å². The Bertz CT molecular complexity index is 1930. The summed E-state index contributed by atoms with van der Waals surface area (Å²) in [5.74, 6) is -1.15. The third-order valence-electron chi connectivity index (χ3n) is 6.24. The molecule has 2 amide bonds. The predicted molar refractivity (Wildman–Crippen MR) is 148 cm³/mol. The first-order valence-corrected chi connectivity index (χ1v) is 13.7. The lowest BCUT2D eigenvalue weighted by molar-refractivity contribution is -0.136. The summed E-state index contributed by atoms with van der Waals surface area (Å²) in [6.45, 7) is 0. The summed E-state index contributed by atoms with van der Waals surface area (Å²) >= 11 is 0. The van der Waals surface area contributed by atoms with Gasteiger partial charge in [-0.3, -0.25) is 9.78 Å². The molecule has 0 aliphatic rings. The predicted octanol–water partition coefficient (Wildman–Crippen LogP) is 6.80. The van der Waals surface area contributed by atoms with Crippen LogP contribution in [0.25, 0.3) is 22.0 Å². The number of urea groups is 1. The number of ketones is 1. The van der Waals surface area contributed by atoms with E-state index in [9.17, 15) is 35.6 Å². The van der Waals surface area contributed by atoms with Gasteiger partial charge in [0.15, 0.2) is 5.78 Å². The molecule has 0 spiro atoms. The maximum absolute atomic E-state index is 13.8. The highest BCUT2D eigenvalue weighted by molar-refractivity contribution is 7.90. The Hall–Kier alpha value is -5.10. The lowest BCUT2D eigenvalue weighted by Crippen LogP contribution is -2.34. The minimum Gasteiger partial charge on any atom is -0.307 e. The van der Waals surface area contributed by atoms with Crippen LogP contribution in [0.3, 0.4) is 0 Å². The highest BCUT2D eigenvalue weighted by Gasteiger charge is 2.34. The molecule has 0 aliphatic heterocycles. The average molecular weight is 594 g/mol. The van der Waals surface area contributed by atoms with Gasteiger partial charge in [0.2, 0.25) is 0 Å². The van der Waals surface area contributed by atoms with Crippen LogP contribution < -0.4 is 10.0 Å². The fraction of sp³-hybridized carbons (Fsp3) is 0.0333. The molecule has 1 heterocycles. The fourth-order valence-corrected chi connectivity index (χ4v) is 5.29. The number of rotatable bonds is 6. The molecule has 0 aliphatic carbocycles. The Morgan fingerprint density at radius 1 is 0.810 bits per heavy atom. The Balaban J connectivity index is 1.57. The molecule has 7 nitrogen and oxygen atoms in total. The van der Waals surface area contributed by atoms with E-state index >= 15 is 0 Å². The zero-order valence-electron chi connectivity index (χ0n) is 21.3. The number of para-hydroxylation sites is 1. The molecular weight excluding hydrogens is 574 g/mol. The van der Waals surface area contributed by atoms with Crippen molar-refractivity contribution in [2.24, 2.45) is 0 Å². The number of carbonyl (C=O) groups excluding carboxylic acids is 2. The van der Waals surface area contributed by atoms with Crippen molar-refractivity contribution in [2.45, 2.75) is 11.1 Å². The topological polar surface area (TPSA) is 105 Å². The van der Waals surface area contributed by atoms with Crippen LogP contribution in [0.5, 0.6) is 0 Å². The number of hydrogen-bond acceptors (Lipinski definition) is 5. The molecule has 0 bridgehead atoms. The number of hydrogen-bond donors (Lipinski definition) is 2. The van der Waals surface area contributed by atoms with Gasteiger partial charge in [-0.15, -0.1) is 0 Å². The lowest BCUT2D eigenvalue weighted by atomic mass is 9.91. The first-order valence-electron chi connectivity index (χ1n) is 12.2. The molecule has 212 valence electrons. The third-order valence-corrected chi connectivity index (χ3v) is 7.59. The molecule has 0 unspecified atom stereocenters. The lowest BCUT2D eigenvalue weighted by Gasteiger charge is -2.16. The van der Waals surface area contributed by atoms with E-state index in [0.717, 1.165) is 36.5 Å². The number of fused-ring (bicyclic) bond motifs is 1. The van der Waals surface area contributed by atoms with E-state index in [1.165, 1.54) is 36.4 Å². The van der Waals surface area contributed by atoms with Crippen molar-refractivity contribution in [2.75, 3.05) is 5.32 Å². The van der Waals surface area contributed by atoms with Crippen LogP contribution in [0.2, 0.25) is 0 Å². The number of aromatic nitrogens is 1. The first kappa shape index (κ1) is 28.4. The summed E-state index contributed by atoms with van der Waals surface area (Å²) in [6, 6.07) is 20.2. The van der Waals surface area contributed by atoms with Crippen molar-refractivity contribution in [3.8, 4) is 11.1 Å². The van der Waals surface area contributed by atoms with Gasteiger partial charge in [0.25, 0.3) is 10.0 Å². The molecule has 0 saturated carbocycles. The number of nitrogens with zero attached hydrogens (tertiary/aromatic N) is 1. The molecule has 12 heteroatoms. The summed E-state index contributed by atoms with van der Waals surface area (Å²) in [4.78, 5) is 29.8. The minimum atomic E-state index is -4.72. The number of carbonyl (C=O) groups is 2. The normalized spacial score (nSPS) is 11.7. The second kappa shape index (κ2) is 11.1. The second-order valence-electron chi connectivity index (χ2n) is 9.04. The van der Waals surface area contributed by atoms with E-state index in [0.29, 0.717) is 0 Å². The number of amides is 2. The van der Waals surface area contributed by atoms with Gasteiger partial charge < -0.3 is 5.32 Å². The molecule has 0 fully saturated rings. The smallest absolute Gasteiger partial charge is 0.307 e. The molecule has 42 heavy (non-hydrogen) atoms. The van der Waals surface area contributed by atoms with Gasteiger partial charge >= 0.3 is 12.2 Å². The molecule has 0 radical (unpaired) electrons. The van der Waals surface area contributed by atoms with Crippen molar-refractivity contribution in [1.82, 2.24) is 9.71 Å². The minimum absolute atomic E-state index is 0.0218. The summed E-state index contributed by atoms with van der Waals surface area (Å²) in [7, 11) is -4.34. The van der Waals surface area contributed by atoms with Crippen LogP contribution in [-0.2, 0) is 16.2 Å². The number of alkyl halides is 3. The van der Waals surface area contributed by atoms with E-state index in [1.807, 2.05) is 4.72 Å². The van der Waals surface area contributed by atoms with Crippen molar-refractivity contribution >= 4 is 38.4 Å². The summed E-state index contributed by atoms with van der Waals surface area (Å²) < 4.78 is 81.5. The number of sulfonamides is 1. The van der Waals surface area contributed by atoms with Crippen molar-refractivity contribution in [1.29, 1.82) is 0 Å². The maximum Gasteiger partial charge on any atom is 0.418 e. The summed E-state index contributed by atoms with van der Waals surface area (Å²) in [5, 5.41) is 2.42. The zero-order chi connectivity index (χ0) is 30.1. The second-order valence-corrected chi connectivity index (χ2v) is 10.7. The van der Waals surface area contributed by atoms with E-state index in [-0.39, 0.29) is 43.7 Å². The molecule has 4 aromatic carbocycles. The molecule has 0 saturated heterocycles. The van der Waals surface area contributed by atoms with Crippen molar-refractivity contribution in [3.05, 3.63) is 126 Å². The molecule has 5 aromatic rings. The van der Waals surface area contributed by atoms with Crippen LogP contribution >= 0.6 is 0 Å². The Labute approximate surface area is 236 Å². The van der Waals surface area contributed by atoms with Crippen LogP contribution in [0.4, 0.5) is 28.0 Å². The van der Waals surface area contributed by atoms with Crippen molar-refractivity contribution in [3.63, 3.8) is 0 Å². The van der Waals surface area contributed by atoms with Crippen LogP contribution in [-0.4, -0.2) is 25.2 Å². The highest BCUT2D eigenvalue weighted by Crippen LogP contribution is 2.39. The van der Waals surface area contributed by atoms with E-state index in [2.05, 4.69) is 10.3 Å². The number of benzene rings is 4. The third kappa shape index (κ3) is 5.84. The largest absolute Gasteiger partial charge is 0.418 e. The fourth-order valence-electron chi connectivity index (χ4n) is 4.38. The van der Waals surface area contributed by atoms with Gasteiger partial charge in [0.05, 0.1) is 16.0 Å². The van der Waals surface area contributed by atoms with Gasteiger partial charge in [-0.05, 0) is 48.0 Å². The van der Waals surface area contributed by atoms with Crippen LogP contribution in [0.15, 0.2) is 108 Å². The zero-order valence-corrected chi connectivity index (χ0v) is 22.1. The Morgan fingerprint density at radius 2 is 1.50 bits per heavy atom. The van der Waals surface area contributed by atoms with Gasteiger partial charge in [-0.1, -0.05) is 54.6 Å². The number of anilines is 1. The standard InChI is InChI=1S/C30H19F4N3O4S/c31-20-12-14-22(15-13-20)42(40,41)37-29(39)36-21-9-4-8-19(16-21)26-23-10-5-11-25(30(32,33)34)27(23)35-17-24(26)28(38)18-6-2-1-3-7-18/h1-17H,(H2,36,37,39). The van der Waals surface area contributed by atoms with Gasteiger partial charge in [-0.2, -0.15) is 13.2 Å². The number of pyridine rings is 1. The number of nitrogens with one attached hydrogen (secondary N) is 2. The molecule has 0 atom stereocenters. The molecule has 5 rings (SSSR count). The molecule has 2 N–H and O–H groups in total. The van der Waals surface area contributed by atoms with Crippen LogP contribution in [0.1, 0.15) is 21.5 Å². The monoisotopic (exact) mass is 593 g/mol. The quantitative estimate of drug-likeness (QED) is 0.166. The Kier molecular flexibility index (Phi) is 7.48. The first-order chi connectivity index (χ1) is 19.9. The Morgan fingerprint density at radius 3 is 2.19 bits per heavy atom. The van der Waals surface area contributed by atoms with E-state index < -0.39 is 39.4 Å². The maximum atomic E-state index is 13.8. The summed E-state index contributed by atoms with van der Waals surface area (Å²) in [6.07, 6.45) is -3.63.